The lowest BCUT2D eigenvalue weighted by Crippen LogP contribution is -2.39. The summed E-state index contributed by atoms with van der Waals surface area (Å²) >= 11 is 0. The number of aliphatic imine (C=N–C) groups is 1. The summed E-state index contributed by atoms with van der Waals surface area (Å²) in [6.07, 6.45) is 2.28. The minimum Gasteiger partial charge on any atom is -0.479 e. The van der Waals surface area contributed by atoms with Crippen LogP contribution in [0.15, 0.2) is 89.9 Å². The lowest BCUT2D eigenvalue weighted by molar-refractivity contribution is -0.139. The number of para-hydroxylation sites is 1. The van der Waals surface area contributed by atoms with Gasteiger partial charge in [-0.2, -0.15) is 0 Å². The fourth-order valence-electron chi connectivity index (χ4n) is 5.13. The molecule has 1 aliphatic carbocycles. The highest BCUT2D eigenvalue weighted by molar-refractivity contribution is 6.18. The van der Waals surface area contributed by atoms with E-state index in [4.69, 9.17) is 4.99 Å². The molecule has 2 N–H and O–H groups in total. The maximum absolute atomic E-state index is 13.5. The number of hydrogen-bond donors (Lipinski definition) is 2. The van der Waals surface area contributed by atoms with E-state index in [2.05, 4.69) is 22.3 Å². The Bertz CT molecular complexity index is 1270. The molecule has 5 rings (SSSR count). The molecule has 36 heavy (non-hydrogen) atoms. The van der Waals surface area contributed by atoms with Gasteiger partial charge in [-0.25, -0.2) is 4.79 Å². The second-order valence-electron chi connectivity index (χ2n) is 9.81. The third-order valence-corrected chi connectivity index (χ3v) is 7.34. The van der Waals surface area contributed by atoms with Crippen LogP contribution in [0.25, 0.3) is 0 Å². The molecule has 1 saturated carbocycles. The largest absolute Gasteiger partial charge is 0.479 e. The first-order chi connectivity index (χ1) is 17.5. The molecule has 1 amide bonds. The predicted octanol–water partition coefficient (Wildman–Crippen LogP) is 4.99. The van der Waals surface area contributed by atoms with Crippen molar-refractivity contribution in [2.24, 2.45) is 10.9 Å². The van der Waals surface area contributed by atoms with Crippen LogP contribution in [0.4, 0.5) is 5.69 Å². The molecule has 0 bridgehead atoms. The van der Waals surface area contributed by atoms with Gasteiger partial charge >= 0.3 is 5.97 Å². The fourth-order valence-corrected chi connectivity index (χ4v) is 5.13. The number of carboxylic acid groups (broad SMARTS) is 1. The highest BCUT2D eigenvalue weighted by atomic mass is 16.4. The van der Waals surface area contributed by atoms with Crippen molar-refractivity contribution in [3.05, 3.63) is 102 Å². The number of carboxylic acids is 1. The number of nitrogens with zero attached hydrogens (tertiary/aromatic N) is 2. The molecule has 1 heterocycles. The molecule has 1 saturated heterocycles. The summed E-state index contributed by atoms with van der Waals surface area (Å²) in [6.45, 7) is 3.52. The topological polar surface area (TPSA) is 82.0 Å². The van der Waals surface area contributed by atoms with Gasteiger partial charge in [-0.05, 0) is 43.4 Å². The van der Waals surface area contributed by atoms with Crippen molar-refractivity contribution < 1.29 is 14.7 Å². The highest BCUT2D eigenvalue weighted by Crippen LogP contribution is 2.48. The fraction of sp³-hybridized carbons (Fsp3) is 0.300. The number of amides is 1. The van der Waals surface area contributed by atoms with Gasteiger partial charge in [0.05, 0.1) is 17.4 Å². The molecule has 6 heteroatoms. The van der Waals surface area contributed by atoms with E-state index in [1.807, 2.05) is 79.7 Å². The summed E-state index contributed by atoms with van der Waals surface area (Å²) in [5.41, 5.74) is 2.85. The van der Waals surface area contributed by atoms with Gasteiger partial charge in [0.15, 0.2) is 5.54 Å². The monoisotopic (exact) mass is 481 g/mol. The first-order valence-corrected chi connectivity index (χ1v) is 12.5. The Kier molecular flexibility index (Phi) is 6.70. The third-order valence-electron chi connectivity index (χ3n) is 7.34. The Morgan fingerprint density at radius 2 is 1.64 bits per heavy atom. The first kappa shape index (κ1) is 23.9. The number of carbonyl (C=O) groups excluding carboxylic acids is 1. The van der Waals surface area contributed by atoms with Gasteiger partial charge in [0.25, 0.3) is 0 Å². The van der Waals surface area contributed by atoms with Crippen LogP contribution in [0.1, 0.15) is 42.9 Å². The van der Waals surface area contributed by atoms with Crippen LogP contribution < -0.4 is 5.32 Å². The van der Waals surface area contributed by atoms with Crippen LogP contribution in [0.2, 0.25) is 0 Å². The van der Waals surface area contributed by atoms with Crippen molar-refractivity contribution in [2.75, 3.05) is 11.9 Å². The Balaban J connectivity index is 1.45. The van der Waals surface area contributed by atoms with Gasteiger partial charge in [0.2, 0.25) is 5.91 Å². The molecule has 3 aromatic carbocycles. The summed E-state index contributed by atoms with van der Waals surface area (Å²) in [5.74, 6) is -0.996. The predicted molar refractivity (Wildman–Crippen MR) is 141 cm³/mol. The minimum atomic E-state index is -1.12. The SMILES string of the molecule is C[C@@H]1C[C@@]1(N=C(c1ccccc1)c1ccccc1NC(=O)[C@@H]1CCCN1Cc1ccccc1)C(=O)O. The van der Waals surface area contributed by atoms with Crippen molar-refractivity contribution in [2.45, 2.75) is 44.3 Å². The molecule has 3 atom stereocenters. The highest BCUT2D eigenvalue weighted by Gasteiger charge is 2.58. The zero-order valence-corrected chi connectivity index (χ0v) is 20.4. The van der Waals surface area contributed by atoms with Gasteiger partial charge < -0.3 is 10.4 Å². The van der Waals surface area contributed by atoms with E-state index in [9.17, 15) is 14.7 Å². The van der Waals surface area contributed by atoms with Crippen LogP contribution in [0, 0.1) is 5.92 Å². The van der Waals surface area contributed by atoms with E-state index in [1.165, 1.54) is 5.56 Å². The Labute approximate surface area is 211 Å². The average molecular weight is 482 g/mol. The van der Waals surface area contributed by atoms with Crippen molar-refractivity contribution in [3.8, 4) is 0 Å². The molecule has 184 valence electrons. The quantitative estimate of drug-likeness (QED) is 0.444. The summed E-state index contributed by atoms with van der Waals surface area (Å²) < 4.78 is 0. The van der Waals surface area contributed by atoms with E-state index < -0.39 is 11.5 Å². The second kappa shape index (κ2) is 10.1. The zero-order valence-electron chi connectivity index (χ0n) is 20.4. The summed E-state index contributed by atoms with van der Waals surface area (Å²) in [7, 11) is 0. The van der Waals surface area contributed by atoms with Crippen LogP contribution in [-0.4, -0.2) is 45.7 Å². The van der Waals surface area contributed by atoms with Crippen molar-refractivity contribution in [1.29, 1.82) is 0 Å². The zero-order chi connectivity index (χ0) is 25.1. The Hall–Kier alpha value is -3.77. The summed E-state index contributed by atoms with van der Waals surface area (Å²) in [4.78, 5) is 32.7. The van der Waals surface area contributed by atoms with Crippen LogP contribution in [-0.2, 0) is 16.1 Å². The normalized spacial score (nSPS) is 23.9. The lowest BCUT2D eigenvalue weighted by Gasteiger charge is -2.24. The van der Waals surface area contributed by atoms with E-state index in [0.717, 1.165) is 37.1 Å². The van der Waals surface area contributed by atoms with E-state index in [1.54, 1.807) is 0 Å². The van der Waals surface area contributed by atoms with Crippen LogP contribution >= 0.6 is 0 Å². The molecule has 1 aliphatic heterocycles. The molecule has 2 fully saturated rings. The number of hydrogen-bond acceptors (Lipinski definition) is 4. The average Bonchev–Trinajstić information content (AvgIpc) is 3.33. The van der Waals surface area contributed by atoms with E-state index in [0.29, 0.717) is 17.8 Å². The number of carbonyl (C=O) groups is 2. The van der Waals surface area contributed by atoms with Gasteiger partial charge in [0, 0.05) is 17.7 Å². The molecule has 0 unspecified atom stereocenters. The third kappa shape index (κ3) is 4.82. The number of nitrogens with one attached hydrogen (secondary N) is 1. The molecule has 0 spiro atoms. The van der Waals surface area contributed by atoms with E-state index in [-0.39, 0.29) is 17.9 Å². The lowest BCUT2D eigenvalue weighted by atomic mass is 9.99. The maximum atomic E-state index is 13.5. The number of rotatable bonds is 8. The van der Waals surface area contributed by atoms with Crippen molar-refractivity contribution in [3.63, 3.8) is 0 Å². The Morgan fingerprint density at radius 3 is 2.31 bits per heavy atom. The van der Waals surface area contributed by atoms with Crippen LogP contribution in [0.3, 0.4) is 0 Å². The van der Waals surface area contributed by atoms with Gasteiger partial charge in [-0.1, -0.05) is 85.8 Å². The number of likely N-dealkylation sites (tertiary alicyclic amines) is 1. The molecule has 6 nitrogen and oxygen atoms in total. The van der Waals surface area contributed by atoms with E-state index >= 15 is 0 Å². The first-order valence-electron chi connectivity index (χ1n) is 12.5. The molecular weight excluding hydrogens is 450 g/mol. The van der Waals surface area contributed by atoms with Gasteiger partial charge in [-0.15, -0.1) is 0 Å². The summed E-state index contributed by atoms with van der Waals surface area (Å²) in [6, 6.07) is 27.1. The van der Waals surface area contributed by atoms with Gasteiger partial charge in [-0.3, -0.25) is 14.7 Å². The number of anilines is 1. The standard InChI is InChI=1S/C30H31N3O3/c1-21-19-30(21,29(35)36)32-27(23-13-6-3-7-14-23)24-15-8-9-16-25(24)31-28(34)26-17-10-18-33(26)20-22-11-4-2-5-12-22/h2-9,11-16,21,26H,10,17-20H2,1H3,(H,31,34)(H,35,36)/t21-,26+,30+/m1/s1. The Morgan fingerprint density at radius 1 is 1.00 bits per heavy atom. The van der Waals surface area contributed by atoms with Crippen LogP contribution in [0.5, 0.6) is 0 Å². The molecule has 0 radical (unpaired) electrons. The molecular formula is C30H31N3O3. The maximum Gasteiger partial charge on any atom is 0.331 e. The smallest absolute Gasteiger partial charge is 0.331 e. The summed E-state index contributed by atoms with van der Waals surface area (Å²) in [5, 5.41) is 13.1. The molecule has 2 aliphatic rings. The van der Waals surface area contributed by atoms with Gasteiger partial charge in [0.1, 0.15) is 0 Å². The minimum absolute atomic E-state index is 0.0412. The van der Waals surface area contributed by atoms with Crippen molar-refractivity contribution in [1.82, 2.24) is 4.90 Å². The van der Waals surface area contributed by atoms with Crippen molar-refractivity contribution >= 4 is 23.3 Å². The second-order valence-corrected chi connectivity index (χ2v) is 9.81. The number of aliphatic carboxylic acids is 1. The molecule has 0 aromatic heterocycles. The number of benzene rings is 3. The molecule has 3 aromatic rings.